The molecule has 206 valence electrons. The number of piperidine rings is 1. The first-order valence-corrected chi connectivity index (χ1v) is 14.7. The average molecular weight is 580 g/mol. The zero-order valence-electron chi connectivity index (χ0n) is 21.5. The topological polar surface area (TPSA) is 134 Å². The summed E-state index contributed by atoms with van der Waals surface area (Å²) in [6.45, 7) is 0.296. The van der Waals surface area contributed by atoms with Crippen LogP contribution in [0, 0.1) is 5.92 Å². The number of nitrogens with zero attached hydrogens (tertiary/aromatic N) is 3. The second-order valence-electron chi connectivity index (χ2n) is 9.59. The number of nitrogens with one attached hydrogen (secondary N) is 2. The van der Waals surface area contributed by atoms with E-state index in [-0.39, 0.29) is 24.6 Å². The molecule has 10 nitrogen and oxygen atoms in total. The number of amides is 2. The van der Waals surface area contributed by atoms with Crippen LogP contribution in [0.1, 0.15) is 27.1 Å². The SMILES string of the molecule is CS(=O)(=O)N1CC[C@H](NC(=O)c2ccc(-n3ccccc3=O)cc2)C(C=NC(=O)c2ccc3c(Cl)c[nH]c3c2)C1. The number of aliphatic imine (C=N–C) groups is 1. The standard InChI is InChI=1S/C28H26ClN5O5S/c1-40(38,39)33-13-11-24(32-28(37)18-5-8-21(9-6-18)34-12-3-2-4-26(34)35)20(17-33)15-31-27(36)19-7-10-22-23(29)16-30-25(22)14-19/h2-10,12,14-16,20,24,30H,11,13,17H2,1H3,(H,32,37)/t20?,24-/m0/s1. The van der Waals surface area contributed by atoms with Crippen molar-refractivity contribution >= 4 is 50.6 Å². The molecule has 2 atom stereocenters. The maximum absolute atomic E-state index is 13.1. The molecule has 0 radical (unpaired) electrons. The van der Waals surface area contributed by atoms with Gasteiger partial charge in [0.1, 0.15) is 0 Å². The van der Waals surface area contributed by atoms with E-state index in [0.717, 1.165) is 11.6 Å². The van der Waals surface area contributed by atoms with Crippen LogP contribution < -0.4 is 10.9 Å². The molecule has 4 aromatic rings. The van der Waals surface area contributed by atoms with Gasteiger partial charge in [0.2, 0.25) is 10.0 Å². The van der Waals surface area contributed by atoms with Gasteiger partial charge in [-0.1, -0.05) is 23.7 Å². The Kier molecular flexibility index (Phi) is 7.70. The maximum Gasteiger partial charge on any atom is 0.276 e. The van der Waals surface area contributed by atoms with Crippen molar-refractivity contribution in [1.29, 1.82) is 0 Å². The van der Waals surface area contributed by atoms with Crippen LogP contribution in [0.4, 0.5) is 0 Å². The molecule has 12 heteroatoms. The third-order valence-corrected chi connectivity index (χ3v) is 8.48. The highest BCUT2D eigenvalue weighted by Gasteiger charge is 2.33. The number of carbonyl (C=O) groups is 2. The van der Waals surface area contributed by atoms with Gasteiger partial charge in [-0.25, -0.2) is 17.7 Å². The maximum atomic E-state index is 13.1. The number of halogens is 1. The van der Waals surface area contributed by atoms with Crippen LogP contribution in [-0.4, -0.2) is 65.7 Å². The lowest BCUT2D eigenvalue weighted by atomic mass is 9.94. The van der Waals surface area contributed by atoms with Crippen molar-refractivity contribution in [3.05, 3.63) is 99.6 Å². The monoisotopic (exact) mass is 579 g/mol. The summed E-state index contributed by atoms with van der Waals surface area (Å²) < 4.78 is 27.2. The number of hydrogen-bond donors (Lipinski definition) is 2. The molecule has 0 spiro atoms. The Hall–Kier alpha value is -4.06. The number of fused-ring (bicyclic) bond motifs is 1. The van der Waals surface area contributed by atoms with E-state index in [1.165, 1.54) is 21.2 Å². The number of rotatable bonds is 6. The Balaban J connectivity index is 1.33. The summed E-state index contributed by atoms with van der Waals surface area (Å²) >= 11 is 6.11. The molecule has 2 aromatic carbocycles. The number of aromatic nitrogens is 2. The van der Waals surface area contributed by atoms with Crippen molar-refractivity contribution < 1.29 is 18.0 Å². The summed E-state index contributed by atoms with van der Waals surface area (Å²) in [5.41, 5.74) is 1.84. The molecule has 2 amide bonds. The number of carbonyl (C=O) groups excluding carboxylic acids is 2. The zero-order chi connectivity index (χ0) is 28.4. The van der Waals surface area contributed by atoms with Crippen molar-refractivity contribution in [3.63, 3.8) is 0 Å². The second kappa shape index (κ2) is 11.2. The normalized spacial score (nSPS) is 18.2. The van der Waals surface area contributed by atoms with Gasteiger partial charge < -0.3 is 10.3 Å². The van der Waals surface area contributed by atoms with Gasteiger partial charge >= 0.3 is 0 Å². The molecule has 1 aliphatic heterocycles. The minimum atomic E-state index is -3.48. The fourth-order valence-corrected chi connectivity index (χ4v) is 5.81. The van der Waals surface area contributed by atoms with E-state index in [1.807, 2.05) is 0 Å². The lowest BCUT2D eigenvalue weighted by Gasteiger charge is -2.35. The summed E-state index contributed by atoms with van der Waals surface area (Å²) in [5, 5.41) is 4.29. The summed E-state index contributed by atoms with van der Waals surface area (Å²) in [4.78, 5) is 45.2. The molecule has 5 rings (SSSR count). The van der Waals surface area contributed by atoms with E-state index in [2.05, 4.69) is 15.3 Å². The van der Waals surface area contributed by atoms with Crippen LogP contribution in [0.2, 0.25) is 5.02 Å². The predicted octanol–water partition coefficient (Wildman–Crippen LogP) is 3.26. The number of benzene rings is 2. The minimum absolute atomic E-state index is 0.0711. The lowest BCUT2D eigenvalue weighted by Crippen LogP contribution is -2.52. The first-order chi connectivity index (χ1) is 19.1. The van der Waals surface area contributed by atoms with Gasteiger partial charge in [0.15, 0.2) is 0 Å². The third kappa shape index (κ3) is 5.91. The number of sulfonamides is 1. The van der Waals surface area contributed by atoms with Crippen LogP contribution >= 0.6 is 11.6 Å². The fraction of sp³-hybridized carbons (Fsp3) is 0.214. The highest BCUT2D eigenvalue weighted by Crippen LogP contribution is 2.24. The van der Waals surface area contributed by atoms with Crippen LogP contribution in [0.25, 0.3) is 16.6 Å². The molecule has 1 unspecified atom stereocenters. The molecule has 3 heterocycles. The van der Waals surface area contributed by atoms with Gasteiger partial charge in [-0.15, -0.1) is 0 Å². The van der Waals surface area contributed by atoms with E-state index < -0.39 is 27.9 Å². The molecular weight excluding hydrogens is 554 g/mol. The van der Waals surface area contributed by atoms with E-state index >= 15 is 0 Å². The molecule has 2 N–H and O–H groups in total. The molecule has 1 saturated heterocycles. The Morgan fingerprint density at radius 3 is 2.58 bits per heavy atom. The first kappa shape index (κ1) is 27.5. The highest BCUT2D eigenvalue weighted by atomic mass is 35.5. The van der Waals surface area contributed by atoms with Crippen LogP contribution in [-0.2, 0) is 10.0 Å². The van der Waals surface area contributed by atoms with Crippen LogP contribution in [0.5, 0.6) is 0 Å². The molecule has 2 aromatic heterocycles. The van der Waals surface area contributed by atoms with Crippen molar-refractivity contribution in [2.24, 2.45) is 10.9 Å². The third-order valence-electron chi connectivity index (χ3n) is 6.90. The van der Waals surface area contributed by atoms with Crippen molar-refractivity contribution in [2.45, 2.75) is 12.5 Å². The van der Waals surface area contributed by atoms with Gasteiger partial charge in [0.25, 0.3) is 17.4 Å². The number of aromatic amines is 1. The number of pyridine rings is 1. The zero-order valence-corrected chi connectivity index (χ0v) is 23.0. The Bertz CT molecular complexity index is 1780. The quantitative estimate of drug-likeness (QED) is 0.338. The highest BCUT2D eigenvalue weighted by molar-refractivity contribution is 7.88. The molecule has 0 bridgehead atoms. The Labute approximate surface area is 235 Å². The molecule has 0 aliphatic carbocycles. The molecular formula is C28H26ClN5O5S. The van der Waals surface area contributed by atoms with Gasteiger partial charge in [-0.3, -0.25) is 19.0 Å². The Morgan fingerprint density at radius 1 is 1.10 bits per heavy atom. The summed E-state index contributed by atoms with van der Waals surface area (Å²) in [6, 6.07) is 16.0. The lowest BCUT2D eigenvalue weighted by molar-refractivity contribution is 0.0914. The molecule has 1 aliphatic rings. The fourth-order valence-electron chi connectivity index (χ4n) is 4.71. The second-order valence-corrected chi connectivity index (χ2v) is 12.0. The summed E-state index contributed by atoms with van der Waals surface area (Å²) in [5.74, 6) is -1.40. The number of H-pyrrole nitrogens is 1. The molecule has 0 saturated carbocycles. The minimum Gasteiger partial charge on any atom is -0.360 e. The van der Waals surface area contributed by atoms with Gasteiger partial charge in [-0.2, -0.15) is 0 Å². The van der Waals surface area contributed by atoms with E-state index in [9.17, 15) is 22.8 Å². The average Bonchev–Trinajstić information content (AvgIpc) is 3.32. The smallest absolute Gasteiger partial charge is 0.276 e. The largest absolute Gasteiger partial charge is 0.360 e. The van der Waals surface area contributed by atoms with Crippen LogP contribution in [0.3, 0.4) is 0 Å². The van der Waals surface area contributed by atoms with Crippen LogP contribution in [0.15, 0.2) is 82.8 Å². The number of hydrogen-bond acceptors (Lipinski definition) is 5. The van der Waals surface area contributed by atoms with Crippen molar-refractivity contribution in [3.8, 4) is 5.69 Å². The van der Waals surface area contributed by atoms with Crippen molar-refractivity contribution in [2.75, 3.05) is 19.3 Å². The summed E-state index contributed by atoms with van der Waals surface area (Å²) in [6.07, 6.45) is 6.16. The molecule has 40 heavy (non-hydrogen) atoms. The first-order valence-electron chi connectivity index (χ1n) is 12.5. The van der Waals surface area contributed by atoms with E-state index in [0.29, 0.717) is 33.8 Å². The molecule has 1 fully saturated rings. The Morgan fingerprint density at radius 2 is 1.85 bits per heavy atom. The van der Waals surface area contributed by atoms with E-state index in [4.69, 9.17) is 11.6 Å². The van der Waals surface area contributed by atoms with Crippen molar-refractivity contribution in [1.82, 2.24) is 19.2 Å². The van der Waals surface area contributed by atoms with Gasteiger partial charge in [0.05, 0.1) is 11.3 Å². The predicted molar refractivity (Wildman–Crippen MR) is 154 cm³/mol. The van der Waals surface area contributed by atoms with Gasteiger partial charge in [0, 0.05) is 77.4 Å². The van der Waals surface area contributed by atoms with Gasteiger partial charge in [-0.05, 0) is 48.9 Å². The summed E-state index contributed by atoms with van der Waals surface area (Å²) in [7, 11) is -3.48. The van der Waals surface area contributed by atoms with E-state index in [1.54, 1.807) is 67.0 Å².